The zero-order chi connectivity index (χ0) is 29.6. The van der Waals surface area contributed by atoms with Crippen molar-refractivity contribution in [2.75, 3.05) is 10.8 Å². The van der Waals surface area contributed by atoms with Gasteiger partial charge in [-0.15, -0.1) is 0 Å². The van der Waals surface area contributed by atoms with Gasteiger partial charge in [-0.1, -0.05) is 78.9 Å². The SMILES string of the molecule is Cc1ccc(CN(C(=O)CN(c2ccccc2F)S(=O)(=O)c2ccc(C)cc2)[C@H](C)C(=O)NC2CCCCC2)cc1. The van der Waals surface area contributed by atoms with E-state index in [1.807, 2.05) is 38.1 Å². The number of rotatable bonds is 10. The van der Waals surface area contributed by atoms with E-state index in [-0.39, 0.29) is 29.1 Å². The summed E-state index contributed by atoms with van der Waals surface area (Å²) in [6.07, 6.45) is 5.00. The molecule has 1 atom stereocenters. The Balaban J connectivity index is 1.68. The Morgan fingerprint density at radius 2 is 1.49 bits per heavy atom. The zero-order valence-electron chi connectivity index (χ0n) is 23.8. The maximum atomic E-state index is 15.0. The number of hydrogen-bond acceptors (Lipinski definition) is 4. The molecule has 1 aliphatic carbocycles. The van der Waals surface area contributed by atoms with Crippen LogP contribution in [0.15, 0.2) is 77.7 Å². The molecule has 41 heavy (non-hydrogen) atoms. The van der Waals surface area contributed by atoms with E-state index in [1.54, 1.807) is 19.1 Å². The third-order valence-electron chi connectivity index (χ3n) is 7.60. The Labute approximate surface area is 242 Å². The van der Waals surface area contributed by atoms with E-state index in [4.69, 9.17) is 0 Å². The van der Waals surface area contributed by atoms with Crippen LogP contribution in [0.3, 0.4) is 0 Å². The maximum absolute atomic E-state index is 15.0. The molecule has 2 amide bonds. The average molecular weight is 580 g/mol. The Morgan fingerprint density at radius 3 is 2.10 bits per heavy atom. The molecule has 0 aliphatic heterocycles. The van der Waals surface area contributed by atoms with Crippen molar-refractivity contribution >= 4 is 27.5 Å². The quantitative estimate of drug-likeness (QED) is 0.344. The van der Waals surface area contributed by atoms with Crippen molar-refractivity contribution in [2.45, 2.75) is 76.4 Å². The molecule has 1 aliphatic rings. The van der Waals surface area contributed by atoms with Crippen LogP contribution in [0.25, 0.3) is 0 Å². The summed E-state index contributed by atoms with van der Waals surface area (Å²) < 4.78 is 43.5. The van der Waals surface area contributed by atoms with Crippen LogP contribution in [-0.4, -0.2) is 43.8 Å². The number of para-hydroxylation sites is 1. The molecule has 218 valence electrons. The van der Waals surface area contributed by atoms with Gasteiger partial charge in [0.25, 0.3) is 10.0 Å². The van der Waals surface area contributed by atoms with Gasteiger partial charge in [-0.25, -0.2) is 12.8 Å². The van der Waals surface area contributed by atoms with E-state index >= 15 is 4.39 Å². The number of sulfonamides is 1. The highest BCUT2D eigenvalue weighted by Gasteiger charge is 2.34. The molecule has 7 nitrogen and oxygen atoms in total. The van der Waals surface area contributed by atoms with E-state index in [0.717, 1.165) is 59.2 Å². The smallest absolute Gasteiger partial charge is 0.264 e. The van der Waals surface area contributed by atoms with Gasteiger partial charge in [-0.2, -0.15) is 0 Å². The molecule has 0 unspecified atom stereocenters. The predicted octanol–water partition coefficient (Wildman–Crippen LogP) is 5.50. The number of nitrogens with one attached hydrogen (secondary N) is 1. The van der Waals surface area contributed by atoms with Crippen LogP contribution in [0.2, 0.25) is 0 Å². The van der Waals surface area contributed by atoms with Crippen molar-refractivity contribution in [3.05, 3.63) is 95.3 Å². The van der Waals surface area contributed by atoms with Gasteiger partial charge in [0.1, 0.15) is 18.4 Å². The Bertz CT molecular complexity index is 1450. The van der Waals surface area contributed by atoms with E-state index < -0.39 is 34.3 Å². The monoisotopic (exact) mass is 579 g/mol. The molecule has 0 aromatic heterocycles. The fourth-order valence-corrected chi connectivity index (χ4v) is 6.47. The number of aryl methyl sites for hydroxylation is 2. The molecule has 3 aromatic rings. The summed E-state index contributed by atoms with van der Waals surface area (Å²) >= 11 is 0. The molecule has 9 heteroatoms. The topological polar surface area (TPSA) is 86.8 Å². The molecule has 0 radical (unpaired) electrons. The van der Waals surface area contributed by atoms with Crippen molar-refractivity contribution in [3.63, 3.8) is 0 Å². The van der Waals surface area contributed by atoms with Gasteiger partial charge in [0.15, 0.2) is 0 Å². The number of hydrogen-bond donors (Lipinski definition) is 1. The van der Waals surface area contributed by atoms with Crippen LogP contribution in [0, 0.1) is 19.7 Å². The Hall–Kier alpha value is -3.72. The minimum absolute atomic E-state index is 0.0480. The van der Waals surface area contributed by atoms with Crippen LogP contribution in [-0.2, 0) is 26.2 Å². The third-order valence-corrected chi connectivity index (χ3v) is 9.38. The van der Waals surface area contributed by atoms with Crippen LogP contribution in [0.1, 0.15) is 55.7 Å². The van der Waals surface area contributed by atoms with Crippen molar-refractivity contribution < 1.29 is 22.4 Å². The van der Waals surface area contributed by atoms with Gasteiger partial charge in [-0.05, 0) is 63.4 Å². The molecular formula is C32H38FN3O4S. The second-order valence-corrected chi connectivity index (χ2v) is 12.7. The van der Waals surface area contributed by atoms with Crippen LogP contribution in [0.4, 0.5) is 10.1 Å². The average Bonchev–Trinajstić information content (AvgIpc) is 2.96. The normalized spacial score (nSPS) is 14.7. The molecule has 0 spiro atoms. The molecular weight excluding hydrogens is 541 g/mol. The number of amides is 2. The number of carbonyl (C=O) groups is 2. The van der Waals surface area contributed by atoms with Crippen molar-refractivity contribution in [2.24, 2.45) is 0 Å². The lowest BCUT2D eigenvalue weighted by Crippen LogP contribution is -2.53. The largest absolute Gasteiger partial charge is 0.352 e. The van der Waals surface area contributed by atoms with Crippen LogP contribution in [0.5, 0.6) is 0 Å². The summed E-state index contributed by atoms with van der Waals surface area (Å²) in [5.41, 5.74) is 2.46. The predicted molar refractivity (Wildman–Crippen MR) is 158 cm³/mol. The highest BCUT2D eigenvalue weighted by atomic mass is 32.2. The number of anilines is 1. The van der Waals surface area contributed by atoms with Gasteiger partial charge in [0.05, 0.1) is 10.6 Å². The summed E-state index contributed by atoms with van der Waals surface area (Å²) in [6.45, 7) is 4.84. The fourth-order valence-electron chi connectivity index (χ4n) is 5.05. The summed E-state index contributed by atoms with van der Waals surface area (Å²) in [5.74, 6) is -1.68. The molecule has 0 heterocycles. The second-order valence-electron chi connectivity index (χ2n) is 10.8. The number of nitrogens with zero attached hydrogens (tertiary/aromatic N) is 2. The van der Waals surface area contributed by atoms with Crippen molar-refractivity contribution in [1.82, 2.24) is 10.2 Å². The lowest BCUT2D eigenvalue weighted by molar-refractivity contribution is -0.139. The van der Waals surface area contributed by atoms with Crippen molar-refractivity contribution in [3.8, 4) is 0 Å². The second kappa shape index (κ2) is 13.3. The van der Waals surface area contributed by atoms with Crippen LogP contribution >= 0.6 is 0 Å². The van der Waals surface area contributed by atoms with Gasteiger partial charge in [0.2, 0.25) is 11.8 Å². The molecule has 3 aromatic carbocycles. The first-order valence-corrected chi connectivity index (χ1v) is 15.5. The zero-order valence-corrected chi connectivity index (χ0v) is 24.7. The summed E-state index contributed by atoms with van der Waals surface area (Å²) in [7, 11) is -4.32. The highest BCUT2D eigenvalue weighted by Crippen LogP contribution is 2.27. The lowest BCUT2D eigenvalue weighted by atomic mass is 9.95. The van der Waals surface area contributed by atoms with E-state index in [0.29, 0.717) is 0 Å². The van der Waals surface area contributed by atoms with E-state index in [1.165, 1.54) is 35.2 Å². The Kier molecular flexibility index (Phi) is 9.81. The molecule has 0 saturated heterocycles. The van der Waals surface area contributed by atoms with Crippen molar-refractivity contribution in [1.29, 1.82) is 0 Å². The minimum Gasteiger partial charge on any atom is -0.352 e. The van der Waals surface area contributed by atoms with E-state index in [9.17, 15) is 18.0 Å². The minimum atomic E-state index is -4.32. The molecule has 4 rings (SSSR count). The summed E-state index contributed by atoms with van der Waals surface area (Å²) in [4.78, 5) is 28.7. The Morgan fingerprint density at radius 1 is 0.902 bits per heavy atom. The van der Waals surface area contributed by atoms with Gasteiger partial charge >= 0.3 is 0 Å². The molecule has 1 fully saturated rings. The fraction of sp³-hybridized carbons (Fsp3) is 0.375. The van der Waals surface area contributed by atoms with Gasteiger partial charge < -0.3 is 10.2 Å². The molecule has 1 saturated carbocycles. The first-order chi connectivity index (χ1) is 19.6. The van der Waals surface area contributed by atoms with Gasteiger partial charge in [-0.3, -0.25) is 13.9 Å². The van der Waals surface area contributed by atoms with Gasteiger partial charge in [0, 0.05) is 12.6 Å². The standard InChI is InChI=1S/C32H38FN3O4S/c1-23-13-17-26(18-14-23)21-35(25(3)32(38)34-27-9-5-4-6-10-27)31(37)22-36(30-12-8-7-11-29(30)33)41(39,40)28-19-15-24(2)16-20-28/h7-8,11-20,25,27H,4-6,9-10,21-22H2,1-3H3,(H,34,38)/t25-/m1/s1. The molecule has 0 bridgehead atoms. The summed E-state index contributed by atoms with van der Waals surface area (Å²) in [5, 5.41) is 3.08. The number of carbonyl (C=O) groups excluding carboxylic acids is 2. The first-order valence-electron chi connectivity index (χ1n) is 14.1. The van der Waals surface area contributed by atoms with E-state index in [2.05, 4.69) is 5.32 Å². The summed E-state index contributed by atoms with van der Waals surface area (Å²) in [6, 6.07) is 18.4. The third kappa shape index (κ3) is 7.52. The lowest BCUT2D eigenvalue weighted by Gasteiger charge is -2.33. The van der Waals surface area contributed by atoms with Crippen LogP contribution < -0.4 is 9.62 Å². The highest BCUT2D eigenvalue weighted by molar-refractivity contribution is 7.92. The maximum Gasteiger partial charge on any atom is 0.264 e. The number of halogens is 1. The first kappa shape index (κ1) is 30.2. The molecule has 1 N–H and O–H groups in total. The number of benzene rings is 3.